The van der Waals surface area contributed by atoms with Crippen molar-refractivity contribution in [2.24, 2.45) is 0 Å². The summed E-state index contributed by atoms with van der Waals surface area (Å²) in [7, 11) is 0. The van der Waals surface area contributed by atoms with Gasteiger partial charge in [-0.15, -0.1) is 0 Å². The van der Waals surface area contributed by atoms with E-state index in [4.69, 9.17) is 11.6 Å². The number of hydrogen-bond acceptors (Lipinski definition) is 4. The molecule has 0 radical (unpaired) electrons. The molecule has 0 spiro atoms. The molecule has 25 heavy (non-hydrogen) atoms. The summed E-state index contributed by atoms with van der Waals surface area (Å²) in [4.78, 5) is 13.6. The lowest BCUT2D eigenvalue weighted by Crippen LogP contribution is -2.19. The van der Waals surface area contributed by atoms with Gasteiger partial charge in [-0.3, -0.25) is 4.98 Å². The number of nitrogens with one attached hydrogen (secondary N) is 1. The molecule has 0 aliphatic rings. The number of rotatable bonds is 4. The predicted octanol–water partition coefficient (Wildman–Crippen LogP) is 5.02. The van der Waals surface area contributed by atoms with Crippen LogP contribution in [0.3, 0.4) is 0 Å². The van der Waals surface area contributed by atoms with Crippen molar-refractivity contribution >= 4 is 17.4 Å². The number of hydrogen-bond donors (Lipinski definition) is 1. The minimum atomic E-state index is -0.150. The van der Waals surface area contributed by atoms with Crippen molar-refractivity contribution in [2.75, 3.05) is 5.32 Å². The Morgan fingerprint density at radius 3 is 2.48 bits per heavy atom. The Kier molecular flexibility index (Phi) is 5.00. The van der Waals surface area contributed by atoms with Crippen LogP contribution in [0.2, 0.25) is 5.02 Å². The molecule has 3 aromatic rings. The molecule has 1 aromatic carbocycles. The highest BCUT2D eigenvalue weighted by atomic mass is 35.5. The van der Waals surface area contributed by atoms with E-state index in [0.717, 1.165) is 22.9 Å². The smallest absolute Gasteiger partial charge is 0.135 e. The minimum Gasteiger partial charge on any atom is -0.357 e. The number of nitrogens with zero attached hydrogens (tertiary/aromatic N) is 3. The standard InChI is InChI=1S/C20H21ClN4/c1-20(2,3)19-23-12-10-17(25-19)24-18(16-9-4-5-11-22-16)14-7-6-8-15(21)13-14/h4-13,18H,1-3H3,(H,23,24,25). The number of halogens is 1. The van der Waals surface area contributed by atoms with Crippen LogP contribution in [0.25, 0.3) is 0 Å². The van der Waals surface area contributed by atoms with Gasteiger partial charge in [0.25, 0.3) is 0 Å². The lowest BCUT2D eigenvalue weighted by molar-refractivity contribution is 0.545. The Balaban J connectivity index is 1.99. The van der Waals surface area contributed by atoms with Crippen molar-refractivity contribution in [3.05, 3.63) is 83.0 Å². The Morgan fingerprint density at radius 2 is 1.80 bits per heavy atom. The first-order valence-electron chi connectivity index (χ1n) is 8.20. The third-order valence-corrected chi connectivity index (χ3v) is 4.02. The average molecular weight is 353 g/mol. The van der Waals surface area contributed by atoms with Gasteiger partial charge in [0.1, 0.15) is 11.6 Å². The fourth-order valence-corrected chi connectivity index (χ4v) is 2.71. The van der Waals surface area contributed by atoms with Crippen molar-refractivity contribution in [1.82, 2.24) is 15.0 Å². The highest BCUT2D eigenvalue weighted by molar-refractivity contribution is 6.30. The number of anilines is 1. The summed E-state index contributed by atoms with van der Waals surface area (Å²) < 4.78 is 0. The van der Waals surface area contributed by atoms with Gasteiger partial charge in [-0.25, -0.2) is 9.97 Å². The molecule has 0 aliphatic carbocycles. The maximum atomic E-state index is 6.19. The molecule has 3 rings (SSSR count). The monoisotopic (exact) mass is 352 g/mol. The average Bonchev–Trinajstić information content (AvgIpc) is 2.60. The topological polar surface area (TPSA) is 50.7 Å². The first-order valence-corrected chi connectivity index (χ1v) is 8.58. The quantitative estimate of drug-likeness (QED) is 0.716. The van der Waals surface area contributed by atoms with Crippen LogP contribution in [0, 0.1) is 0 Å². The van der Waals surface area contributed by atoms with Crippen LogP contribution in [-0.4, -0.2) is 15.0 Å². The predicted molar refractivity (Wildman–Crippen MR) is 102 cm³/mol. The van der Waals surface area contributed by atoms with Crippen LogP contribution in [0.4, 0.5) is 5.82 Å². The van der Waals surface area contributed by atoms with Gasteiger partial charge in [-0.2, -0.15) is 0 Å². The molecule has 128 valence electrons. The van der Waals surface area contributed by atoms with Crippen LogP contribution in [0.1, 0.15) is 43.9 Å². The highest BCUT2D eigenvalue weighted by Gasteiger charge is 2.20. The molecule has 5 heteroatoms. The Bertz CT molecular complexity index is 844. The van der Waals surface area contributed by atoms with E-state index in [-0.39, 0.29) is 11.5 Å². The van der Waals surface area contributed by atoms with Gasteiger partial charge in [0.15, 0.2) is 0 Å². The molecular formula is C20H21ClN4. The highest BCUT2D eigenvalue weighted by Crippen LogP contribution is 2.27. The van der Waals surface area contributed by atoms with Crippen LogP contribution in [-0.2, 0) is 5.41 Å². The zero-order chi connectivity index (χ0) is 17.9. The first kappa shape index (κ1) is 17.4. The van der Waals surface area contributed by atoms with E-state index in [0.29, 0.717) is 5.02 Å². The summed E-state index contributed by atoms with van der Waals surface area (Å²) in [5.74, 6) is 1.55. The number of aromatic nitrogens is 3. The maximum Gasteiger partial charge on any atom is 0.135 e. The third-order valence-electron chi connectivity index (χ3n) is 3.78. The van der Waals surface area contributed by atoms with Crippen molar-refractivity contribution in [2.45, 2.75) is 32.2 Å². The van der Waals surface area contributed by atoms with Crippen molar-refractivity contribution in [3.63, 3.8) is 0 Å². The molecule has 1 unspecified atom stereocenters. The molecule has 1 N–H and O–H groups in total. The van der Waals surface area contributed by atoms with E-state index in [1.54, 1.807) is 12.4 Å². The largest absolute Gasteiger partial charge is 0.357 e. The minimum absolute atomic E-state index is 0.117. The Labute approximate surface area is 153 Å². The normalized spacial score (nSPS) is 12.6. The van der Waals surface area contributed by atoms with Gasteiger partial charge < -0.3 is 5.32 Å². The van der Waals surface area contributed by atoms with E-state index >= 15 is 0 Å². The molecule has 0 saturated carbocycles. The van der Waals surface area contributed by atoms with E-state index in [2.05, 4.69) is 41.0 Å². The van der Waals surface area contributed by atoms with Crippen molar-refractivity contribution < 1.29 is 0 Å². The molecule has 0 fully saturated rings. The molecule has 0 bridgehead atoms. The van der Waals surface area contributed by atoms with Gasteiger partial charge in [-0.05, 0) is 35.9 Å². The van der Waals surface area contributed by atoms with Crippen LogP contribution in [0.5, 0.6) is 0 Å². The second-order valence-corrected chi connectivity index (χ2v) is 7.34. The van der Waals surface area contributed by atoms with Crippen molar-refractivity contribution in [1.29, 1.82) is 0 Å². The second kappa shape index (κ2) is 7.19. The SMILES string of the molecule is CC(C)(C)c1nccc(NC(c2cccc(Cl)c2)c2ccccn2)n1. The molecule has 1 atom stereocenters. The summed E-state index contributed by atoms with van der Waals surface area (Å²) in [5, 5.41) is 4.17. The Morgan fingerprint density at radius 1 is 0.960 bits per heavy atom. The summed E-state index contributed by atoms with van der Waals surface area (Å²) in [6.45, 7) is 6.29. The van der Waals surface area contributed by atoms with Gasteiger partial charge in [0, 0.05) is 22.8 Å². The van der Waals surface area contributed by atoms with Crippen LogP contribution >= 0.6 is 11.6 Å². The van der Waals surface area contributed by atoms with Gasteiger partial charge in [-0.1, -0.05) is 50.6 Å². The van der Waals surface area contributed by atoms with E-state index in [1.807, 2.05) is 48.5 Å². The maximum absolute atomic E-state index is 6.19. The van der Waals surface area contributed by atoms with Gasteiger partial charge in [0.05, 0.1) is 11.7 Å². The number of benzene rings is 1. The van der Waals surface area contributed by atoms with E-state index in [1.165, 1.54) is 0 Å². The van der Waals surface area contributed by atoms with Crippen LogP contribution in [0.15, 0.2) is 60.9 Å². The molecule has 0 aliphatic heterocycles. The van der Waals surface area contributed by atoms with Crippen molar-refractivity contribution in [3.8, 4) is 0 Å². The molecule has 0 saturated heterocycles. The molecule has 2 heterocycles. The van der Waals surface area contributed by atoms with E-state index in [9.17, 15) is 0 Å². The zero-order valence-corrected chi connectivity index (χ0v) is 15.3. The lowest BCUT2D eigenvalue weighted by atomic mass is 9.96. The summed E-state index contributed by atoms with van der Waals surface area (Å²) in [5.41, 5.74) is 1.82. The molecule has 2 aromatic heterocycles. The fraction of sp³-hybridized carbons (Fsp3) is 0.250. The third kappa shape index (κ3) is 4.34. The molecule has 0 amide bonds. The van der Waals surface area contributed by atoms with Gasteiger partial charge >= 0.3 is 0 Å². The van der Waals surface area contributed by atoms with E-state index < -0.39 is 0 Å². The fourth-order valence-electron chi connectivity index (χ4n) is 2.51. The van der Waals surface area contributed by atoms with Crippen LogP contribution < -0.4 is 5.32 Å². The Hall–Kier alpha value is -2.46. The van der Waals surface area contributed by atoms with Gasteiger partial charge in [0.2, 0.25) is 0 Å². The molecular weight excluding hydrogens is 332 g/mol. The lowest BCUT2D eigenvalue weighted by Gasteiger charge is -2.22. The zero-order valence-electron chi connectivity index (χ0n) is 14.6. The summed E-state index contributed by atoms with van der Waals surface area (Å²) in [6.07, 6.45) is 3.57. The second-order valence-electron chi connectivity index (χ2n) is 6.90. The number of pyridine rings is 1. The summed E-state index contributed by atoms with van der Waals surface area (Å²) >= 11 is 6.19. The molecule has 4 nitrogen and oxygen atoms in total. The first-order chi connectivity index (χ1) is 11.9. The summed E-state index contributed by atoms with van der Waals surface area (Å²) in [6, 6.07) is 15.4.